The van der Waals surface area contributed by atoms with Crippen molar-refractivity contribution < 1.29 is 9.59 Å². The molecular formula is C13H20N4O2. The number of hydrogen-bond donors (Lipinski definition) is 1. The molecule has 1 atom stereocenters. The Balaban J connectivity index is 1.68. The lowest BCUT2D eigenvalue weighted by molar-refractivity contribution is -0.136. The number of carbonyl (C=O) groups is 2. The van der Waals surface area contributed by atoms with Gasteiger partial charge in [-0.1, -0.05) is 0 Å². The van der Waals surface area contributed by atoms with E-state index >= 15 is 0 Å². The van der Waals surface area contributed by atoms with Gasteiger partial charge < -0.3 is 15.1 Å². The summed E-state index contributed by atoms with van der Waals surface area (Å²) in [4.78, 5) is 26.5. The first-order valence-corrected chi connectivity index (χ1v) is 6.80. The van der Waals surface area contributed by atoms with Crippen LogP contribution in [-0.2, 0) is 9.59 Å². The number of piperidine rings is 1. The highest BCUT2D eigenvalue weighted by Gasteiger charge is 2.32. The van der Waals surface area contributed by atoms with Crippen molar-refractivity contribution in [2.24, 2.45) is 0 Å². The Hall–Kier alpha value is -1.61. The normalized spacial score (nSPS) is 23.7. The molecule has 2 amide bonds. The fourth-order valence-electron chi connectivity index (χ4n) is 2.55. The van der Waals surface area contributed by atoms with Gasteiger partial charge in [-0.05, 0) is 19.3 Å². The minimum Gasteiger partial charge on any atom is -0.343 e. The molecule has 0 spiro atoms. The summed E-state index contributed by atoms with van der Waals surface area (Å²) in [5, 5.41) is 12.0. The van der Waals surface area contributed by atoms with Crippen LogP contribution in [0.4, 0.5) is 0 Å². The lowest BCUT2D eigenvalue weighted by Crippen LogP contribution is -2.54. The van der Waals surface area contributed by atoms with Crippen molar-refractivity contribution in [3.8, 4) is 6.07 Å². The van der Waals surface area contributed by atoms with Crippen LogP contribution < -0.4 is 5.32 Å². The number of hydrogen-bond acceptors (Lipinski definition) is 4. The summed E-state index contributed by atoms with van der Waals surface area (Å²) in [6.07, 6.45) is 2.56. The van der Waals surface area contributed by atoms with Crippen LogP contribution in [0.2, 0.25) is 0 Å². The number of likely N-dealkylation sites (tertiary alicyclic amines) is 2. The molecule has 0 aromatic rings. The highest BCUT2D eigenvalue weighted by molar-refractivity contribution is 5.79. The van der Waals surface area contributed by atoms with Crippen LogP contribution in [0.25, 0.3) is 0 Å². The molecular weight excluding hydrogens is 244 g/mol. The lowest BCUT2D eigenvalue weighted by Gasteiger charge is -2.37. The molecule has 2 aliphatic rings. The SMILES string of the molecule is CC(=O)N1CCC(NCC(=O)N2CC[C@H]2C#N)CC1. The van der Waals surface area contributed by atoms with Crippen molar-refractivity contribution in [3.05, 3.63) is 0 Å². The van der Waals surface area contributed by atoms with Crippen LogP contribution in [-0.4, -0.2) is 59.9 Å². The highest BCUT2D eigenvalue weighted by Crippen LogP contribution is 2.16. The molecule has 0 aromatic heterocycles. The molecule has 6 nitrogen and oxygen atoms in total. The summed E-state index contributed by atoms with van der Waals surface area (Å²) >= 11 is 0. The Labute approximate surface area is 113 Å². The maximum atomic E-state index is 11.9. The fraction of sp³-hybridized carbons (Fsp3) is 0.769. The number of carbonyl (C=O) groups excluding carboxylic acids is 2. The van der Waals surface area contributed by atoms with Crippen LogP contribution in [0, 0.1) is 11.3 Å². The lowest BCUT2D eigenvalue weighted by atomic mass is 10.0. The quantitative estimate of drug-likeness (QED) is 0.760. The molecule has 0 aromatic carbocycles. The smallest absolute Gasteiger partial charge is 0.237 e. The third-order valence-corrected chi connectivity index (χ3v) is 3.97. The van der Waals surface area contributed by atoms with Crippen molar-refractivity contribution in [2.45, 2.75) is 38.3 Å². The molecule has 2 saturated heterocycles. The van der Waals surface area contributed by atoms with Crippen LogP contribution in [0.15, 0.2) is 0 Å². The maximum absolute atomic E-state index is 11.9. The van der Waals surface area contributed by atoms with Crippen LogP contribution in [0.5, 0.6) is 0 Å². The summed E-state index contributed by atoms with van der Waals surface area (Å²) in [5.41, 5.74) is 0. The van der Waals surface area contributed by atoms with Gasteiger partial charge in [0.2, 0.25) is 11.8 Å². The molecule has 0 bridgehead atoms. The largest absolute Gasteiger partial charge is 0.343 e. The third-order valence-electron chi connectivity index (χ3n) is 3.97. The summed E-state index contributed by atoms with van der Waals surface area (Å²) in [6, 6.07) is 2.19. The maximum Gasteiger partial charge on any atom is 0.237 e. The molecule has 0 radical (unpaired) electrons. The monoisotopic (exact) mass is 264 g/mol. The first-order valence-electron chi connectivity index (χ1n) is 6.80. The van der Waals surface area contributed by atoms with Gasteiger partial charge in [-0.25, -0.2) is 0 Å². The van der Waals surface area contributed by atoms with Crippen molar-refractivity contribution in [1.82, 2.24) is 15.1 Å². The predicted octanol–water partition coefficient (Wildman–Crippen LogP) is -0.289. The van der Waals surface area contributed by atoms with Gasteiger partial charge in [0.25, 0.3) is 0 Å². The van der Waals surface area contributed by atoms with Gasteiger partial charge in [0.05, 0.1) is 12.6 Å². The van der Waals surface area contributed by atoms with Crippen LogP contribution in [0.3, 0.4) is 0 Å². The second kappa shape index (κ2) is 6.02. The molecule has 2 heterocycles. The van der Waals surface area contributed by atoms with Gasteiger partial charge in [0.15, 0.2) is 0 Å². The van der Waals surface area contributed by atoms with E-state index in [4.69, 9.17) is 5.26 Å². The van der Waals surface area contributed by atoms with E-state index in [-0.39, 0.29) is 17.9 Å². The first-order chi connectivity index (χ1) is 9.11. The third kappa shape index (κ3) is 3.24. The minimum absolute atomic E-state index is 0.00629. The van der Waals surface area contributed by atoms with Crippen LogP contribution >= 0.6 is 0 Å². The zero-order chi connectivity index (χ0) is 13.8. The summed E-state index contributed by atoms with van der Waals surface area (Å²) in [7, 11) is 0. The molecule has 0 aliphatic carbocycles. The van der Waals surface area contributed by atoms with E-state index in [1.54, 1.807) is 11.8 Å². The van der Waals surface area contributed by atoms with Gasteiger partial charge in [-0.3, -0.25) is 9.59 Å². The van der Waals surface area contributed by atoms with E-state index in [1.807, 2.05) is 4.90 Å². The number of nitrogens with zero attached hydrogens (tertiary/aromatic N) is 3. The van der Waals surface area contributed by atoms with Crippen molar-refractivity contribution in [3.63, 3.8) is 0 Å². The van der Waals surface area contributed by atoms with Gasteiger partial charge in [-0.2, -0.15) is 5.26 Å². The van der Waals surface area contributed by atoms with Gasteiger partial charge in [0.1, 0.15) is 6.04 Å². The van der Waals surface area contributed by atoms with Crippen molar-refractivity contribution in [2.75, 3.05) is 26.2 Å². The topological polar surface area (TPSA) is 76.4 Å². The molecule has 2 aliphatic heterocycles. The Kier molecular flexibility index (Phi) is 4.38. The predicted molar refractivity (Wildman–Crippen MR) is 69.0 cm³/mol. The molecule has 2 fully saturated rings. The second-order valence-electron chi connectivity index (χ2n) is 5.18. The second-order valence-corrected chi connectivity index (χ2v) is 5.18. The van der Waals surface area contributed by atoms with Crippen LogP contribution in [0.1, 0.15) is 26.2 Å². The van der Waals surface area contributed by atoms with E-state index in [0.29, 0.717) is 19.1 Å². The minimum atomic E-state index is -0.228. The zero-order valence-corrected chi connectivity index (χ0v) is 11.3. The van der Waals surface area contributed by atoms with E-state index in [2.05, 4.69) is 11.4 Å². The molecule has 0 saturated carbocycles. The molecule has 19 heavy (non-hydrogen) atoms. The molecule has 1 N–H and O–H groups in total. The van der Waals surface area contributed by atoms with Gasteiger partial charge in [0, 0.05) is 32.6 Å². The zero-order valence-electron chi connectivity index (χ0n) is 11.3. The highest BCUT2D eigenvalue weighted by atomic mass is 16.2. The van der Waals surface area contributed by atoms with Gasteiger partial charge >= 0.3 is 0 Å². The van der Waals surface area contributed by atoms with Crippen molar-refractivity contribution in [1.29, 1.82) is 5.26 Å². The average Bonchev–Trinajstić information content (AvgIpc) is 2.36. The van der Waals surface area contributed by atoms with E-state index < -0.39 is 0 Å². The molecule has 0 unspecified atom stereocenters. The van der Waals surface area contributed by atoms with E-state index in [9.17, 15) is 9.59 Å². The van der Waals surface area contributed by atoms with E-state index in [0.717, 1.165) is 32.4 Å². The Bertz CT molecular complexity index is 396. The van der Waals surface area contributed by atoms with E-state index in [1.165, 1.54) is 0 Å². The average molecular weight is 264 g/mol. The number of nitriles is 1. The standard InChI is InChI=1S/C13H20N4O2/c1-10(18)16-5-2-11(3-6-16)15-9-13(19)17-7-4-12(17)8-14/h11-12,15H,2-7,9H2,1H3/t12-/m0/s1. The molecule has 2 rings (SSSR count). The fourth-order valence-corrected chi connectivity index (χ4v) is 2.55. The van der Waals surface area contributed by atoms with Gasteiger partial charge in [-0.15, -0.1) is 0 Å². The number of amides is 2. The Morgan fingerprint density at radius 1 is 1.26 bits per heavy atom. The number of nitrogens with one attached hydrogen (secondary N) is 1. The number of rotatable bonds is 3. The summed E-state index contributed by atoms with van der Waals surface area (Å²) in [6.45, 7) is 4.09. The van der Waals surface area contributed by atoms with Crippen molar-refractivity contribution >= 4 is 11.8 Å². The Morgan fingerprint density at radius 3 is 2.42 bits per heavy atom. The molecule has 6 heteroatoms. The Morgan fingerprint density at radius 2 is 1.95 bits per heavy atom. The molecule has 104 valence electrons. The summed E-state index contributed by atoms with van der Waals surface area (Å²) in [5.74, 6) is 0.124. The summed E-state index contributed by atoms with van der Waals surface area (Å²) < 4.78 is 0. The first kappa shape index (κ1) is 13.8.